The molecule has 0 aromatic heterocycles. The number of amides is 2. The van der Waals surface area contributed by atoms with Gasteiger partial charge in [0.2, 0.25) is 0 Å². The molecule has 1 aliphatic heterocycles. The molecule has 1 saturated heterocycles. The van der Waals surface area contributed by atoms with Crippen molar-refractivity contribution in [1.29, 1.82) is 0 Å². The van der Waals surface area contributed by atoms with Gasteiger partial charge in [0.15, 0.2) is 0 Å². The number of urea groups is 1. The first-order valence-corrected chi connectivity index (χ1v) is 5.00. The number of nitrogens with one attached hydrogen (secondary N) is 1. The Balaban J connectivity index is 2.35. The minimum Gasteiger partial charge on any atom is -0.337 e. The average molecular weight is 185 g/mol. The lowest BCUT2D eigenvalue weighted by Gasteiger charge is -2.33. The third-order valence-electron chi connectivity index (χ3n) is 2.48. The third kappa shape index (κ3) is 2.88. The first kappa shape index (κ1) is 10.3. The molecule has 3 N–H and O–H groups in total. The van der Waals surface area contributed by atoms with Gasteiger partial charge in [0.05, 0.1) is 0 Å². The van der Waals surface area contributed by atoms with Crippen LogP contribution in [0.5, 0.6) is 0 Å². The fraction of sp³-hybridized carbons (Fsp3) is 0.889. The van der Waals surface area contributed by atoms with Crippen molar-refractivity contribution in [2.75, 3.05) is 19.6 Å². The van der Waals surface area contributed by atoms with Crippen LogP contribution >= 0.6 is 0 Å². The number of carbonyl (C=O) groups excluding carboxylic acids is 1. The Labute approximate surface area is 79.5 Å². The molecule has 0 aromatic carbocycles. The third-order valence-corrected chi connectivity index (χ3v) is 2.48. The van der Waals surface area contributed by atoms with Crippen molar-refractivity contribution in [3.8, 4) is 0 Å². The lowest BCUT2D eigenvalue weighted by atomic mass is 10.0. The van der Waals surface area contributed by atoms with Gasteiger partial charge in [0, 0.05) is 25.7 Å². The van der Waals surface area contributed by atoms with Crippen LogP contribution in [0.2, 0.25) is 0 Å². The van der Waals surface area contributed by atoms with Gasteiger partial charge in [-0.25, -0.2) is 4.79 Å². The van der Waals surface area contributed by atoms with Crippen LogP contribution in [0.15, 0.2) is 0 Å². The SMILES string of the molecule is CC1CCCCN1C(=O)NCCN. The molecule has 1 atom stereocenters. The number of hydrogen-bond acceptors (Lipinski definition) is 2. The lowest BCUT2D eigenvalue weighted by Crippen LogP contribution is -2.48. The molecule has 1 unspecified atom stereocenters. The predicted molar refractivity (Wildman–Crippen MR) is 52.5 cm³/mol. The van der Waals surface area contributed by atoms with Crippen molar-refractivity contribution in [2.24, 2.45) is 5.73 Å². The van der Waals surface area contributed by atoms with Gasteiger partial charge in [-0.05, 0) is 26.2 Å². The molecule has 13 heavy (non-hydrogen) atoms. The van der Waals surface area contributed by atoms with E-state index in [-0.39, 0.29) is 6.03 Å². The van der Waals surface area contributed by atoms with Gasteiger partial charge in [-0.2, -0.15) is 0 Å². The molecule has 1 fully saturated rings. The topological polar surface area (TPSA) is 58.4 Å². The molecule has 4 nitrogen and oxygen atoms in total. The summed E-state index contributed by atoms with van der Waals surface area (Å²) < 4.78 is 0. The summed E-state index contributed by atoms with van der Waals surface area (Å²) in [5, 5.41) is 2.79. The summed E-state index contributed by atoms with van der Waals surface area (Å²) >= 11 is 0. The van der Waals surface area contributed by atoms with E-state index in [2.05, 4.69) is 12.2 Å². The van der Waals surface area contributed by atoms with E-state index in [0.717, 1.165) is 19.4 Å². The van der Waals surface area contributed by atoms with Crippen molar-refractivity contribution in [3.05, 3.63) is 0 Å². The minimum absolute atomic E-state index is 0.0395. The number of hydrogen-bond donors (Lipinski definition) is 2. The second-order valence-electron chi connectivity index (χ2n) is 3.56. The summed E-state index contributed by atoms with van der Waals surface area (Å²) in [6, 6.07) is 0.421. The van der Waals surface area contributed by atoms with Gasteiger partial charge >= 0.3 is 6.03 Å². The molecule has 4 heteroatoms. The standard InChI is InChI=1S/C9H19N3O/c1-8-4-2-3-7-12(8)9(13)11-6-5-10/h8H,2-7,10H2,1H3,(H,11,13). The zero-order chi connectivity index (χ0) is 9.68. The van der Waals surface area contributed by atoms with Gasteiger partial charge in [0.25, 0.3) is 0 Å². The summed E-state index contributed by atoms with van der Waals surface area (Å²) in [6.07, 6.45) is 3.48. The Morgan fingerprint density at radius 2 is 2.38 bits per heavy atom. The number of rotatable bonds is 2. The molecule has 0 radical (unpaired) electrons. The highest BCUT2D eigenvalue weighted by Crippen LogP contribution is 2.15. The van der Waals surface area contributed by atoms with E-state index in [1.54, 1.807) is 0 Å². The Morgan fingerprint density at radius 3 is 3.00 bits per heavy atom. The van der Waals surface area contributed by atoms with E-state index in [1.165, 1.54) is 6.42 Å². The summed E-state index contributed by atoms with van der Waals surface area (Å²) in [5.74, 6) is 0. The van der Waals surface area contributed by atoms with Crippen molar-refractivity contribution < 1.29 is 4.79 Å². The summed E-state index contributed by atoms with van der Waals surface area (Å²) in [5.41, 5.74) is 5.31. The zero-order valence-corrected chi connectivity index (χ0v) is 8.25. The second kappa shape index (κ2) is 5.07. The highest BCUT2D eigenvalue weighted by Gasteiger charge is 2.22. The summed E-state index contributed by atoms with van der Waals surface area (Å²) in [7, 11) is 0. The van der Waals surface area contributed by atoms with Gasteiger partial charge in [-0.15, -0.1) is 0 Å². The highest BCUT2D eigenvalue weighted by atomic mass is 16.2. The molecule has 0 bridgehead atoms. The maximum atomic E-state index is 11.5. The van der Waals surface area contributed by atoms with E-state index >= 15 is 0 Å². The first-order valence-electron chi connectivity index (χ1n) is 5.00. The maximum absolute atomic E-state index is 11.5. The van der Waals surface area contributed by atoms with Crippen molar-refractivity contribution in [2.45, 2.75) is 32.2 Å². The molecule has 1 aliphatic rings. The van der Waals surface area contributed by atoms with Crippen LogP contribution in [0.3, 0.4) is 0 Å². The van der Waals surface area contributed by atoms with Gasteiger partial charge in [0.1, 0.15) is 0 Å². The molecule has 2 amide bonds. The van der Waals surface area contributed by atoms with Gasteiger partial charge in [-0.1, -0.05) is 0 Å². The Kier molecular flexibility index (Phi) is 4.02. The Morgan fingerprint density at radius 1 is 1.62 bits per heavy atom. The molecule has 0 spiro atoms. The fourth-order valence-electron chi connectivity index (χ4n) is 1.68. The average Bonchev–Trinajstić information content (AvgIpc) is 2.15. The molecular formula is C9H19N3O. The van der Waals surface area contributed by atoms with Crippen LogP contribution in [0.4, 0.5) is 4.79 Å². The number of piperidine rings is 1. The monoisotopic (exact) mass is 185 g/mol. The van der Waals surface area contributed by atoms with E-state index in [0.29, 0.717) is 19.1 Å². The molecule has 0 saturated carbocycles. The van der Waals surface area contributed by atoms with Gasteiger partial charge in [-0.3, -0.25) is 0 Å². The van der Waals surface area contributed by atoms with E-state index in [4.69, 9.17) is 5.73 Å². The zero-order valence-electron chi connectivity index (χ0n) is 8.25. The highest BCUT2D eigenvalue weighted by molar-refractivity contribution is 5.74. The molecule has 0 aliphatic carbocycles. The van der Waals surface area contributed by atoms with Crippen LogP contribution in [0.1, 0.15) is 26.2 Å². The normalized spacial score (nSPS) is 22.9. The van der Waals surface area contributed by atoms with Gasteiger partial charge < -0.3 is 16.0 Å². The molecule has 1 rings (SSSR count). The number of nitrogens with two attached hydrogens (primary N) is 1. The first-order chi connectivity index (χ1) is 6.25. The summed E-state index contributed by atoms with van der Waals surface area (Å²) in [6.45, 7) is 4.06. The van der Waals surface area contributed by atoms with E-state index < -0.39 is 0 Å². The maximum Gasteiger partial charge on any atom is 0.317 e. The quantitative estimate of drug-likeness (QED) is 0.659. The predicted octanol–water partition coefficient (Wildman–Crippen LogP) is 0.529. The number of nitrogens with zero attached hydrogens (tertiary/aromatic N) is 1. The van der Waals surface area contributed by atoms with Crippen molar-refractivity contribution in [1.82, 2.24) is 10.2 Å². The lowest BCUT2D eigenvalue weighted by molar-refractivity contribution is 0.158. The summed E-state index contributed by atoms with van der Waals surface area (Å²) in [4.78, 5) is 13.4. The largest absolute Gasteiger partial charge is 0.337 e. The molecule has 1 heterocycles. The Bertz CT molecular complexity index is 172. The smallest absolute Gasteiger partial charge is 0.317 e. The number of likely N-dealkylation sites (tertiary alicyclic amines) is 1. The van der Waals surface area contributed by atoms with Crippen LogP contribution in [0, 0.1) is 0 Å². The van der Waals surface area contributed by atoms with Crippen LogP contribution in [0.25, 0.3) is 0 Å². The van der Waals surface area contributed by atoms with Crippen LogP contribution in [-0.4, -0.2) is 36.6 Å². The minimum atomic E-state index is 0.0395. The van der Waals surface area contributed by atoms with E-state index in [9.17, 15) is 4.79 Å². The van der Waals surface area contributed by atoms with Crippen molar-refractivity contribution in [3.63, 3.8) is 0 Å². The van der Waals surface area contributed by atoms with Crippen LogP contribution in [-0.2, 0) is 0 Å². The van der Waals surface area contributed by atoms with Crippen molar-refractivity contribution >= 4 is 6.03 Å². The number of carbonyl (C=O) groups is 1. The Hall–Kier alpha value is -0.770. The fourth-order valence-corrected chi connectivity index (χ4v) is 1.68. The molecular weight excluding hydrogens is 166 g/mol. The molecule has 0 aromatic rings. The van der Waals surface area contributed by atoms with Crippen LogP contribution < -0.4 is 11.1 Å². The van der Waals surface area contributed by atoms with E-state index in [1.807, 2.05) is 4.90 Å². The second-order valence-corrected chi connectivity index (χ2v) is 3.56. The molecule has 76 valence electrons.